The van der Waals surface area contributed by atoms with Gasteiger partial charge in [-0.1, -0.05) is 18.2 Å². The van der Waals surface area contributed by atoms with Gasteiger partial charge in [0.1, 0.15) is 17.5 Å². The molecule has 1 unspecified atom stereocenters. The van der Waals surface area contributed by atoms with Gasteiger partial charge in [0, 0.05) is 29.4 Å². The highest BCUT2D eigenvalue weighted by Crippen LogP contribution is 2.33. The summed E-state index contributed by atoms with van der Waals surface area (Å²) in [5.41, 5.74) is 2.19. The number of hydrogen-bond acceptors (Lipinski definition) is 4. The quantitative estimate of drug-likeness (QED) is 0.619. The molecular weight excluding hydrogens is 454 g/mol. The number of ether oxygens (including phenoxy) is 1. The van der Waals surface area contributed by atoms with E-state index in [1.165, 1.54) is 0 Å². The van der Waals surface area contributed by atoms with Gasteiger partial charge in [0.25, 0.3) is 5.91 Å². The van der Waals surface area contributed by atoms with E-state index in [2.05, 4.69) is 21.2 Å². The van der Waals surface area contributed by atoms with Gasteiger partial charge in [-0.25, -0.2) is 0 Å². The third-order valence-electron chi connectivity index (χ3n) is 5.05. The average Bonchev–Trinajstić information content (AvgIpc) is 3.32. The van der Waals surface area contributed by atoms with Gasteiger partial charge >= 0.3 is 0 Å². The first-order chi connectivity index (χ1) is 14.0. The molecule has 1 aliphatic rings. The molecule has 0 aliphatic carbocycles. The van der Waals surface area contributed by atoms with E-state index >= 15 is 0 Å². The van der Waals surface area contributed by atoms with Gasteiger partial charge in [-0.05, 0) is 46.3 Å². The van der Waals surface area contributed by atoms with Crippen LogP contribution in [0.25, 0.3) is 10.9 Å². The smallest absolute Gasteiger partial charge is 0.273 e. The third-order valence-corrected chi connectivity index (χ3v) is 6.87. The number of aromatic nitrogens is 1. The summed E-state index contributed by atoms with van der Waals surface area (Å²) in [6, 6.07) is 14.4. The van der Waals surface area contributed by atoms with Crippen molar-refractivity contribution in [2.75, 3.05) is 24.1 Å². The molecule has 1 atom stereocenters. The first kappa shape index (κ1) is 19.8. The molecule has 0 spiro atoms. The minimum atomic E-state index is -0.528. The van der Waals surface area contributed by atoms with Crippen LogP contribution in [0.5, 0.6) is 5.75 Å². The third kappa shape index (κ3) is 3.62. The highest BCUT2D eigenvalue weighted by atomic mass is 79.9. The summed E-state index contributed by atoms with van der Waals surface area (Å²) in [5.74, 6) is 1.42. The fourth-order valence-corrected chi connectivity index (χ4v) is 5.41. The largest absolute Gasteiger partial charge is 0.497 e. The lowest BCUT2D eigenvalue weighted by Crippen LogP contribution is -2.45. The maximum absolute atomic E-state index is 13.4. The van der Waals surface area contributed by atoms with Crippen LogP contribution in [0, 0.1) is 0 Å². The number of carbonyl (C=O) groups excluding carboxylic acids is 2. The molecular formula is C21H20BrN3O3S. The second kappa shape index (κ2) is 8.12. The molecule has 3 aromatic rings. The number of fused-ring (bicyclic) bond motifs is 1. The van der Waals surface area contributed by atoms with Gasteiger partial charge in [0.05, 0.1) is 17.5 Å². The van der Waals surface area contributed by atoms with Crippen LogP contribution in [-0.2, 0) is 11.8 Å². The van der Waals surface area contributed by atoms with Crippen molar-refractivity contribution < 1.29 is 14.3 Å². The van der Waals surface area contributed by atoms with Crippen molar-refractivity contribution in [3.05, 3.63) is 58.7 Å². The van der Waals surface area contributed by atoms with Crippen molar-refractivity contribution in [2.24, 2.45) is 7.05 Å². The van der Waals surface area contributed by atoms with E-state index in [-0.39, 0.29) is 11.8 Å². The molecule has 1 aliphatic heterocycles. The SMILES string of the molecule is COc1ccc(NC(=O)C2CSCN2C(=O)c2c(Br)c3ccccc3n2C)cc1. The zero-order valence-corrected chi connectivity index (χ0v) is 18.4. The maximum Gasteiger partial charge on any atom is 0.273 e. The van der Waals surface area contributed by atoms with E-state index in [4.69, 9.17) is 4.74 Å². The summed E-state index contributed by atoms with van der Waals surface area (Å²) in [5, 5.41) is 3.88. The Morgan fingerprint density at radius 2 is 1.90 bits per heavy atom. The van der Waals surface area contributed by atoms with E-state index in [1.807, 2.05) is 35.9 Å². The Labute approximate surface area is 181 Å². The maximum atomic E-state index is 13.4. The van der Waals surface area contributed by atoms with Gasteiger partial charge in [-0.2, -0.15) is 0 Å². The monoisotopic (exact) mass is 473 g/mol. The Morgan fingerprint density at radius 1 is 1.17 bits per heavy atom. The van der Waals surface area contributed by atoms with Crippen molar-refractivity contribution in [1.82, 2.24) is 9.47 Å². The van der Waals surface area contributed by atoms with Crippen LogP contribution in [0.3, 0.4) is 0 Å². The molecule has 4 rings (SSSR count). The predicted molar refractivity (Wildman–Crippen MR) is 120 cm³/mol. The fraction of sp³-hybridized carbons (Fsp3) is 0.238. The summed E-state index contributed by atoms with van der Waals surface area (Å²) in [7, 11) is 3.47. The van der Waals surface area contributed by atoms with Crippen LogP contribution in [0.1, 0.15) is 10.5 Å². The Morgan fingerprint density at radius 3 is 2.59 bits per heavy atom. The molecule has 2 aromatic carbocycles. The molecule has 0 saturated carbocycles. The number of para-hydroxylation sites is 1. The van der Waals surface area contributed by atoms with Crippen LogP contribution in [0.2, 0.25) is 0 Å². The van der Waals surface area contributed by atoms with Crippen LogP contribution >= 0.6 is 27.7 Å². The number of anilines is 1. The Kier molecular flexibility index (Phi) is 5.56. The molecule has 150 valence electrons. The number of rotatable bonds is 4. The molecule has 6 nitrogen and oxygen atoms in total. The average molecular weight is 474 g/mol. The number of nitrogens with zero attached hydrogens (tertiary/aromatic N) is 2. The molecule has 0 radical (unpaired) electrons. The summed E-state index contributed by atoms with van der Waals surface area (Å²) in [4.78, 5) is 27.9. The number of nitrogens with one attached hydrogen (secondary N) is 1. The van der Waals surface area contributed by atoms with Crippen LogP contribution in [-0.4, -0.2) is 46.1 Å². The number of amides is 2. The molecule has 2 heterocycles. The van der Waals surface area contributed by atoms with Gasteiger partial charge in [0.15, 0.2) is 0 Å². The zero-order chi connectivity index (χ0) is 20.5. The Balaban J connectivity index is 1.58. The Bertz CT molecular complexity index is 1040. The molecule has 1 aromatic heterocycles. The summed E-state index contributed by atoms with van der Waals surface area (Å²) in [6.07, 6.45) is 0. The summed E-state index contributed by atoms with van der Waals surface area (Å²) < 4.78 is 7.78. The molecule has 29 heavy (non-hydrogen) atoms. The highest BCUT2D eigenvalue weighted by molar-refractivity contribution is 9.10. The van der Waals surface area contributed by atoms with Crippen molar-refractivity contribution in [3.8, 4) is 5.75 Å². The standard InChI is InChI=1S/C21H20BrN3O3S/c1-24-16-6-4-3-5-15(16)18(22)19(24)21(27)25-12-29-11-17(25)20(26)23-13-7-9-14(28-2)10-8-13/h3-10,17H,11-12H2,1-2H3,(H,23,26). The fourth-order valence-electron chi connectivity index (χ4n) is 3.48. The van der Waals surface area contributed by atoms with E-state index in [0.29, 0.717) is 23.0 Å². The highest BCUT2D eigenvalue weighted by Gasteiger charge is 2.37. The number of hydrogen-bond donors (Lipinski definition) is 1. The normalized spacial score (nSPS) is 16.2. The van der Waals surface area contributed by atoms with Crippen molar-refractivity contribution in [3.63, 3.8) is 0 Å². The number of thioether (sulfide) groups is 1. The molecule has 1 saturated heterocycles. The first-order valence-electron chi connectivity index (χ1n) is 9.08. The summed E-state index contributed by atoms with van der Waals surface area (Å²) >= 11 is 5.16. The molecule has 8 heteroatoms. The van der Waals surface area contributed by atoms with E-state index in [9.17, 15) is 9.59 Å². The van der Waals surface area contributed by atoms with E-state index in [1.54, 1.807) is 48.0 Å². The molecule has 0 bridgehead atoms. The van der Waals surface area contributed by atoms with Crippen LogP contribution in [0.15, 0.2) is 53.0 Å². The van der Waals surface area contributed by atoms with Crippen molar-refractivity contribution in [2.45, 2.75) is 6.04 Å². The van der Waals surface area contributed by atoms with Crippen LogP contribution in [0.4, 0.5) is 5.69 Å². The molecule has 2 amide bonds. The number of benzene rings is 2. The topological polar surface area (TPSA) is 63.6 Å². The van der Waals surface area contributed by atoms with Crippen molar-refractivity contribution in [1.29, 1.82) is 0 Å². The Hall–Kier alpha value is -2.45. The van der Waals surface area contributed by atoms with Crippen LogP contribution < -0.4 is 10.1 Å². The van der Waals surface area contributed by atoms with Gasteiger partial charge in [-0.3, -0.25) is 9.59 Å². The molecule has 1 fully saturated rings. The van der Waals surface area contributed by atoms with Gasteiger partial charge < -0.3 is 19.5 Å². The second-order valence-electron chi connectivity index (χ2n) is 6.75. The second-order valence-corrected chi connectivity index (χ2v) is 8.54. The zero-order valence-electron chi connectivity index (χ0n) is 16.0. The van der Waals surface area contributed by atoms with Gasteiger partial charge in [0.2, 0.25) is 5.91 Å². The predicted octanol–water partition coefficient (Wildman–Crippen LogP) is 4.10. The minimum Gasteiger partial charge on any atom is -0.497 e. The number of aryl methyl sites for hydroxylation is 1. The molecule has 1 N–H and O–H groups in total. The lowest BCUT2D eigenvalue weighted by atomic mass is 10.2. The van der Waals surface area contributed by atoms with E-state index < -0.39 is 6.04 Å². The number of carbonyl (C=O) groups is 2. The van der Waals surface area contributed by atoms with Crippen molar-refractivity contribution >= 4 is 56.1 Å². The first-order valence-corrected chi connectivity index (χ1v) is 11.0. The minimum absolute atomic E-state index is 0.157. The lowest BCUT2D eigenvalue weighted by Gasteiger charge is -2.23. The number of methoxy groups -OCH3 is 1. The lowest BCUT2D eigenvalue weighted by molar-refractivity contribution is -0.119. The van der Waals surface area contributed by atoms with E-state index in [0.717, 1.165) is 21.1 Å². The summed E-state index contributed by atoms with van der Waals surface area (Å²) in [6.45, 7) is 0. The number of halogens is 1. The van der Waals surface area contributed by atoms with Gasteiger partial charge in [-0.15, -0.1) is 11.8 Å².